The monoisotopic (exact) mass is 276 g/mol. The Morgan fingerprint density at radius 3 is 2.70 bits per heavy atom. The summed E-state index contributed by atoms with van der Waals surface area (Å²) >= 11 is 0. The van der Waals surface area contributed by atoms with Gasteiger partial charge in [0.05, 0.1) is 23.9 Å². The lowest BCUT2D eigenvalue weighted by Crippen LogP contribution is -2.17. The second kappa shape index (κ2) is 5.79. The van der Waals surface area contributed by atoms with Gasteiger partial charge in [-0.25, -0.2) is 4.98 Å². The van der Waals surface area contributed by atoms with Gasteiger partial charge in [-0.2, -0.15) is 5.10 Å². The molecule has 0 spiro atoms. The largest absolute Gasteiger partial charge is 0.396 e. The first-order valence-electron chi connectivity index (χ1n) is 7.04. The molecule has 20 heavy (non-hydrogen) atoms. The van der Waals surface area contributed by atoms with E-state index < -0.39 is 0 Å². The summed E-state index contributed by atoms with van der Waals surface area (Å²) in [5.41, 5.74) is 3.25. The van der Waals surface area contributed by atoms with Gasteiger partial charge in [-0.05, 0) is 25.2 Å². The summed E-state index contributed by atoms with van der Waals surface area (Å²) in [5, 5.41) is 13.7. The summed E-state index contributed by atoms with van der Waals surface area (Å²) < 4.78 is 3.99. The number of imidazole rings is 1. The molecule has 0 aromatic carbocycles. The average Bonchev–Trinajstić information content (AvgIpc) is 2.95. The van der Waals surface area contributed by atoms with Gasteiger partial charge in [0.25, 0.3) is 0 Å². The summed E-state index contributed by atoms with van der Waals surface area (Å²) in [6.07, 6.45) is 7.80. The molecule has 0 saturated heterocycles. The van der Waals surface area contributed by atoms with Crippen LogP contribution in [-0.2, 0) is 13.6 Å². The van der Waals surface area contributed by atoms with Gasteiger partial charge in [-0.3, -0.25) is 4.68 Å². The van der Waals surface area contributed by atoms with Crippen molar-refractivity contribution < 1.29 is 5.11 Å². The Kier molecular flexibility index (Phi) is 4.28. The fourth-order valence-electron chi connectivity index (χ4n) is 2.38. The van der Waals surface area contributed by atoms with Crippen LogP contribution in [0.15, 0.2) is 18.7 Å². The molecule has 0 fully saturated rings. The van der Waals surface area contributed by atoms with Gasteiger partial charge in [0.2, 0.25) is 0 Å². The summed E-state index contributed by atoms with van der Waals surface area (Å²) in [5.74, 6) is 0. The predicted molar refractivity (Wildman–Crippen MR) is 79.3 cm³/mol. The van der Waals surface area contributed by atoms with Crippen LogP contribution in [0.5, 0.6) is 0 Å². The molecule has 0 unspecified atom stereocenters. The van der Waals surface area contributed by atoms with E-state index in [4.69, 9.17) is 0 Å². The standard InChI is InChI=1S/C15H24N4O/c1-12-13(9-18(4)17-12)14-8-16-11-19(14)7-5-6-15(2,3)10-20/h8-9,11,20H,5-7,10H2,1-4H3. The smallest absolute Gasteiger partial charge is 0.0950 e. The van der Waals surface area contributed by atoms with Crippen LogP contribution >= 0.6 is 0 Å². The Morgan fingerprint density at radius 2 is 2.10 bits per heavy atom. The average molecular weight is 276 g/mol. The lowest BCUT2D eigenvalue weighted by Gasteiger charge is -2.21. The van der Waals surface area contributed by atoms with E-state index in [1.165, 1.54) is 0 Å². The molecule has 0 saturated carbocycles. The zero-order valence-corrected chi connectivity index (χ0v) is 12.8. The molecule has 2 rings (SSSR count). The number of hydrogen-bond acceptors (Lipinski definition) is 3. The Bertz CT molecular complexity index is 568. The number of aliphatic hydroxyl groups excluding tert-OH is 1. The minimum atomic E-state index is -0.00896. The Balaban J connectivity index is 2.08. The highest BCUT2D eigenvalue weighted by Crippen LogP contribution is 2.25. The second-order valence-corrected chi connectivity index (χ2v) is 6.20. The SMILES string of the molecule is Cc1nn(C)cc1-c1cncn1CCCC(C)(C)CO. The highest BCUT2D eigenvalue weighted by Gasteiger charge is 2.16. The van der Waals surface area contributed by atoms with Crippen molar-refractivity contribution in [1.82, 2.24) is 19.3 Å². The lowest BCUT2D eigenvalue weighted by atomic mass is 9.89. The second-order valence-electron chi connectivity index (χ2n) is 6.20. The predicted octanol–water partition coefficient (Wildman–Crippen LogP) is 2.39. The molecular formula is C15H24N4O. The lowest BCUT2D eigenvalue weighted by molar-refractivity contribution is 0.146. The van der Waals surface area contributed by atoms with Crippen LogP contribution in [0, 0.1) is 12.3 Å². The highest BCUT2D eigenvalue weighted by atomic mass is 16.3. The molecule has 2 aromatic heterocycles. The zero-order valence-electron chi connectivity index (χ0n) is 12.8. The third kappa shape index (κ3) is 3.28. The first-order valence-corrected chi connectivity index (χ1v) is 7.04. The quantitative estimate of drug-likeness (QED) is 0.881. The van der Waals surface area contributed by atoms with Crippen molar-refractivity contribution in [3.8, 4) is 11.3 Å². The molecule has 2 aromatic rings. The van der Waals surface area contributed by atoms with Crippen molar-refractivity contribution in [2.45, 2.75) is 40.2 Å². The maximum atomic E-state index is 9.29. The number of aryl methyl sites for hydroxylation is 3. The van der Waals surface area contributed by atoms with Crippen LogP contribution < -0.4 is 0 Å². The van der Waals surface area contributed by atoms with E-state index in [2.05, 4.69) is 28.5 Å². The van der Waals surface area contributed by atoms with Crippen LogP contribution in [0.3, 0.4) is 0 Å². The number of hydrogen-bond donors (Lipinski definition) is 1. The van der Waals surface area contributed by atoms with Crippen molar-refractivity contribution in [3.63, 3.8) is 0 Å². The van der Waals surface area contributed by atoms with Crippen molar-refractivity contribution in [1.29, 1.82) is 0 Å². The van der Waals surface area contributed by atoms with Crippen LogP contribution in [0.4, 0.5) is 0 Å². The molecular weight excluding hydrogens is 252 g/mol. The Labute approximate surface area is 120 Å². The maximum absolute atomic E-state index is 9.29. The third-order valence-corrected chi connectivity index (χ3v) is 3.68. The van der Waals surface area contributed by atoms with Gasteiger partial charge in [0.15, 0.2) is 0 Å². The molecule has 0 amide bonds. The van der Waals surface area contributed by atoms with E-state index in [0.29, 0.717) is 0 Å². The molecule has 5 heteroatoms. The van der Waals surface area contributed by atoms with Gasteiger partial charge in [0.1, 0.15) is 0 Å². The fraction of sp³-hybridized carbons (Fsp3) is 0.600. The van der Waals surface area contributed by atoms with E-state index in [0.717, 1.165) is 36.3 Å². The number of rotatable bonds is 6. The highest BCUT2D eigenvalue weighted by molar-refractivity contribution is 5.60. The van der Waals surface area contributed by atoms with Crippen molar-refractivity contribution in [2.24, 2.45) is 12.5 Å². The molecule has 0 radical (unpaired) electrons. The van der Waals surface area contributed by atoms with E-state index in [9.17, 15) is 5.11 Å². The summed E-state index contributed by atoms with van der Waals surface area (Å²) in [6.45, 7) is 7.33. The van der Waals surface area contributed by atoms with Crippen molar-refractivity contribution >= 4 is 0 Å². The number of nitrogens with zero attached hydrogens (tertiary/aromatic N) is 4. The van der Waals surface area contributed by atoms with E-state index in [1.807, 2.05) is 37.4 Å². The first-order chi connectivity index (χ1) is 9.43. The Morgan fingerprint density at radius 1 is 1.35 bits per heavy atom. The molecule has 0 aliphatic heterocycles. The molecule has 110 valence electrons. The van der Waals surface area contributed by atoms with Gasteiger partial charge in [-0.1, -0.05) is 13.8 Å². The van der Waals surface area contributed by atoms with Crippen molar-refractivity contribution in [3.05, 3.63) is 24.4 Å². The van der Waals surface area contributed by atoms with Gasteiger partial charge in [-0.15, -0.1) is 0 Å². The topological polar surface area (TPSA) is 55.9 Å². The minimum Gasteiger partial charge on any atom is -0.396 e. The molecule has 0 bridgehead atoms. The first kappa shape index (κ1) is 14.8. The van der Waals surface area contributed by atoms with Crippen LogP contribution in [-0.4, -0.2) is 31.0 Å². The maximum Gasteiger partial charge on any atom is 0.0950 e. The normalized spacial score (nSPS) is 12.1. The summed E-state index contributed by atoms with van der Waals surface area (Å²) in [7, 11) is 1.93. The van der Waals surface area contributed by atoms with E-state index in [1.54, 1.807) is 0 Å². The third-order valence-electron chi connectivity index (χ3n) is 3.68. The van der Waals surface area contributed by atoms with E-state index in [-0.39, 0.29) is 12.0 Å². The Hall–Kier alpha value is -1.62. The summed E-state index contributed by atoms with van der Waals surface area (Å²) in [4.78, 5) is 4.26. The van der Waals surface area contributed by atoms with Gasteiger partial charge in [0, 0.05) is 32.0 Å². The molecule has 5 nitrogen and oxygen atoms in total. The van der Waals surface area contributed by atoms with Gasteiger partial charge < -0.3 is 9.67 Å². The fourth-order valence-corrected chi connectivity index (χ4v) is 2.38. The van der Waals surface area contributed by atoms with E-state index >= 15 is 0 Å². The molecule has 0 aliphatic rings. The zero-order chi connectivity index (χ0) is 14.8. The van der Waals surface area contributed by atoms with Gasteiger partial charge >= 0.3 is 0 Å². The van der Waals surface area contributed by atoms with Crippen LogP contribution in [0.2, 0.25) is 0 Å². The molecule has 0 atom stereocenters. The van der Waals surface area contributed by atoms with Crippen molar-refractivity contribution in [2.75, 3.05) is 6.61 Å². The molecule has 0 aliphatic carbocycles. The number of aromatic nitrogens is 4. The van der Waals surface area contributed by atoms with Crippen LogP contribution in [0.1, 0.15) is 32.4 Å². The number of aliphatic hydroxyl groups is 1. The van der Waals surface area contributed by atoms with Crippen LogP contribution in [0.25, 0.3) is 11.3 Å². The minimum absolute atomic E-state index is 0.00896. The summed E-state index contributed by atoms with van der Waals surface area (Å²) in [6, 6.07) is 0. The molecule has 2 heterocycles. The molecule has 1 N–H and O–H groups in total.